The second-order valence-corrected chi connectivity index (χ2v) is 3.03. The molecule has 0 aliphatic rings. The lowest BCUT2D eigenvalue weighted by Gasteiger charge is -1.95. The summed E-state index contributed by atoms with van der Waals surface area (Å²) in [4.78, 5) is 10.7. The minimum absolute atomic E-state index is 0.0961. The van der Waals surface area contributed by atoms with Gasteiger partial charge in [-0.2, -0.15) is 0 Å². The molecule has 1 heterocycles. The lowest BCUT2D eigenvalue weighted by atomic mass is 10.1. The van der Waals surface area contributed by atoms with Gasteiger partial charge >= 0.3 is 0 Å². The number of furan rings is 1. The van der Waals surface area contributed by atoms with Crippen LogP contribution in [0.25, 0.3) is 11.0 Å². The van der Waals surface area contributed by atoms with Crippen LogP contribution in [0, 0.1) is 6.92 Å². The van der Waals surface area contributed by atoms with Crippen LogP contribution in [0.1, 0.15) is 16.1 Å². The number of carbonyl (C=O) groups is 1. The summed E-state index contributed by atoms with van der Waals surface area (Å²) in [5.41, 5.74) is 0.625. The quantitative estimate of drug-likeness (QED) is 0.677. The van der Waals surface area contributed by atoms with Crippen LogP contribution in [0.15, 0.2) is 16.5 Å². The monoisotopic (exact) mass is 192 g/mol. The molecular weight excluding hydrogens is 184 g/mol. The smallest absolute Gasteiger partial charge is 0.154 e. The highest BCUT2D eigenvalue weighted by Crippen LogP contribution is 2.34. The molecule has 1 aromatic heterocycles. The maximum Gasteiger partial charge on any atom is 0.154 e. The van der Waals surface area contributed by atoms with Crippen molar-refractivity contribution in [2.45, 2.75) is 6.92 Å². The number of aromatic hydroxyl groups is 2. The third kappa shape index (κ3) is 1.04. The first-order valence-corrected chi connectivity index (χ1v) is 4.03. The highest BCUT2D eigenvalue weighted by Gasteiger charge is 2.14. The van der Waals surface area contributed by atoms with Gasteiger partial charge < -0.3 is 14.6 Å². The number of rotatable bonds is 1. The van der Waals surface area contributed by atoms with E-state index >= 15 is 0 Å². The summed E-state index contributed by atoms with van der Waals surface area (Å²) < 4.78 is 5.20. The van der Waals surface area contributed by atoms with E-state index in [1.807, 2.05) is 0 Å². The molecule has 14 heavy (non-hydrogen) atoms. The molecule has 0 radical (unpaired) electrons. The zero-order chi connectivity index (χ0) is 10.3. The standard InChI is InChI=1S/C10H8O4/c1-5-7(4-11)10-8(13)2-6(12)3-9(10)14-5/h2-4,12-13H,1H3. The molecule has 0 aliphatic carbocycles. The van der Waals surface area contributed by atoms with E-state index in [1.54, 1.807) is 6.92 Å². The van der Waals surface area contributed by atoms with E-state index in [2.05, 4.69) is 0 Å². The van der Waals surface area contributed by atoms with Gasteiger partial charge in [-0.3, -0.25) is 4.79 Å². The van der Waals surface area contributed by atoms with Crippen molar-refractivity contribution in [1.29, 1.82) is 0 Å². The average Bonchev–Trinajstić information content (AvgIpc) is 2.40. The van der Waals surface area contributed by atoms with Crippen LogP contribution in [0.4, 0.5) is 0 Å². The molecule has 0 atom stereocenters. The minimum Gasteiger partial charge on any atom is -0.508 e. The summed E-state index contributed by atoms with van der Waals surface area (Å²) in [6, 6.07) is 2.53. The van der Waals surface area contributed by atoms with Gasteiger partial charge in [-0.1, -0.05) is 0 Å². The van der Waals surface area contributed by atoms with Crippen molar-refractivity contribution in [3.05, 3.63) is 23.5 Å². The molecule has 0 saturated heterocycles. The summed E-state index contributed by atoms with van der Waals surface area (Å²) in [7, 11) is 0. The molecule has 0 bridgehead atoms. The fourth-order valence-electron chi connectivity index (χ4n) is 1.48. The van der Waals surface area contributed by atoms with Gasteiger partial charge in [0.1, 0.15) is 22.8 Å². The lowest BCUT2D eigenvalue weighted by Crippen LogP contribution is -1.79. The molecule has 4 heteroatoms. The first kappa shape index (κ1) is 8.62. The van der Waals surface area contributed by atoms with Gasteiger partial charge in [-0.05, 0) is 6.92 Å². The highest BCUT2D eigenvalue weighted by molar-refractivity contribution is 6.01. The Balaban J connectivity index is 2.95. The third-order valence-corrected chi connectivity index (χ3v) is 2.10. The molecule has 72 valence electrons. The zero-order valence-electron chi connectivity index (χ0n) is 7.44. The van der Waals surface area contributed by atoms with E-state index in [0.717, 1.165) is 0 Å². The summed E-state index contributed by atoms with van der Waals surface area (Å²) in [5.74, 6) is 0.177. The number of aryl methyl sites for hydroxylation is 1. The number of hydrogen-bond donors (Lipinski definition) is 2. The van der Waals surface area contributed by atoms with Crippen molar-refractivity contribution in [2.24, 2.45) is 0 Å². The second kappa shape index (κ2) is 2.77. The Morgan fingerprint density at radius 2 is 2.07 bits per heavy atom. The zero-order valence-corrected chi connectivity index (χ0v) is 7.44. The van der Waals surface area contributed by atoms with Gasteiger partial charge in [-0.15, -0.1) is 0 Å². The Kier molecular flexibility index (Phi) is 1.70. The van der Waals surface area contributed by atoms with Crippen molar-refractivity contribution in [3.63, 3.8) is 0 Å². The number of phenols is 2. The Hall–Kier alpha value is -1.97. The van der Waals surface area contributed by atoms with E-state index in [9.17, 15) is 15.0 Å². The van der Waals surface area contributed by atoms with Crippen LogP contribution in [-0.2, 0) is 0 Å². The van der Waals surface area contributed by atoms with Gasteiger partial charge in [0.05, 0.1) is 10.9 Å². The van der Waals surface area contributed by atoms with E-state index in [-0.39, 0.29) is 11.5 Å². The number of benzene rings is 1. The summed E-state index contributed by atoms with van der Waals surface area (Å²) in [6.07, 6.45) is 0.623. The molecular formula is C10H8O4. The molecule has 1 aromatic carbocycles. The molecule has 2 N–H and O–H groups in total. The van der Waals surface area contributed by atoms with Gasteiger partial charge in [0.25, 0.3) is 0 Å². The highest BCUT2D eigenvalue weighted by atomic mass is 16.3. The topological polar surface area (TPSA) is 70.7 Å². The normalized spacial score (nSPS) is 10.6. The molecule has 0 saturated carbocycles. The summed E-state index contributed by atoms with van der Waals surface area (Å²) in [6.45, 7) is 1.63. The molecule has 4 nitrogen and oxygen atoms in total. The van der Waals surface area contributed by atoms with Crippen LogP contribution in [0.3, 0.4) is 0 Å². The summed E-state index contributed by atoms with van der Waals surface area (Å²) >= 11 is 0. The van der Waals surface area contributed by atoms with Crippen molar-refractivity contribution >= 4 is 17.3 Å². The maximum atomic E-state index is 10.7. The van der Waals surface area contributed by atoms with Crippen LogP contribution >= 0.6 is 0 Å². The van der Waals surface area contributed by atoms with Crippen LogP contribution in [0.5, 0.6) is 11.5 Å². The van der Waals surface area contributed by atoms with Crippen molar-refractivity contribution < 1.29 is 19.4 Å². The second-order valence-electron chi connectivity index (χ2n) is 3.03. The largest absolute Gasteiger partial charge is 0.508 e. The van der Waals surface area contributed by atoms with Gasteiger partial charge in [0.15, 0.2) is 6.29 Å². The maximum absolute atomic E-state index is 10.7. The Labute approximate surface area is 79.4 Å². The molecule has 0 amide bonds. The molecule has 0 spiro atoms. The van der Waals surface area contributed by atoms with E-state index in [0.29, 0.717) is 28.6 Å². The molecule has 0 aliphatic heterocycles. The van der Waals surface area contributed by atoms with E-state index in [1.165, 1.54) is 12.1 Å². The first-order chi connectivity index (χ1) is 6.63. The van der Waals surface area contributed by atoms with Crippen LogP contribution < -0.4 is 0 Å². The molecule has 2 aromatic rings. The van der Waals surface area contributed by atoms with Gasteiger partial charge in [0.2, 0.25) is 0 Å². The fraction of sp³-hybridized carbons (Fsp3) is 0.100. The number of hydrogen-bond acceptors (Lipinski definition) is 4. The Morgan fingerprint density at radius 1 is 1.36 bits per heavy atom. The number of carbonyl (C=O) groups excluding carboxylic acids is 1. The Bertz CT molecular complexity index is 510. The van der Waals surface area contributed by atoms with Crippen molar-refractivity contribution in [3.8, 4) is 11.5 Å². The van der Waals surface area contributed by atoms with Crippen LogP contribution in [-0.4, -0.2) is 16.5 Å². The number of phenolic OH excluding ortho intramolecular Hbond substituents is 2. The Morgan fingerprint density at radius 3 is 2.71 bits per heavy atom. The van der Waals surface area contributed by atoms with Crippen molar-refractivity contribution in [2.75, 3.05) is 0 Å². The van der Waals surface area contributed by atoms with Crippen LogP contribution in [0.2, 0.25) is 0 Å². The van der Waals surface area contributed by atoms with Gasteiger partial charge in [-0.25, -0.2) is 0 Å². The SMILES string of the molecule is Cc1oc2cc(O)cc(O)c2c1C=O. The van der Waals surface area contributed by atoms with E-state index in [4.69, 9.17) is 4.42 Å². The predicted octanol–water partition coefficient (Wildman–Crippen LogP) is 1.96. The molecule has 0 fully saturated rings. The van der Waals surface area contributed by atoms with Gasteiger partial charge in [0, 0.05) is 12.1 Å². The number of fused-ring (bicyclic) bond motifs is 1. The molecule has 2 rings (SSSR count). The minimum atomic E-state index is -0.154. The first-order valence-electron chi connectivity index (χ1n) is 4.03. The molecule has 0 unspecified atom stereocenters. The predicted molar refractivity (Wildman–Crippen MR) is 49.7 cm³/mol. The summed E-state index contributed by atoms with van der Waals surface area (Å²) in [5, 5.41) is 19.0. The van der Waals surface area contributed by atoms with E-state index < -0.39 is 0 Å². The number of aldehydes is 1. The third-order valence-electron chi connectivity index (χ3n) is 2.10. The fourth-order valence-corrected chi connectivity index (χ4v) is 1.48. The van der Waals surface area contributed by atoms with Crippen molar-refractivity contribution in [1.82, 2.24) is 0 Å². The lowest BCUT2D eigenvalue weighted by molar-refractivity contribution is 0.112. The average molecular weight is 192 g/mol.